The normalized spacial score (nSPS) is 34.2. The van der Waals surface area contributed by atoms with Crippen molar-refractivity contribution in [3.8, 4) is 0 Å². The van der Waals surface area contributed by atoms with Crippen molar-refractivity contribution in [3.05, 3.63) is 29.0 Å². The Morgan fingerprint density at radius 3 is 2.43 bits per heavy atom. The fourth-order valence-electron chi connectivity index (χ4n) is 4.00. The summed E-state index contributed by atoms with van der Waals surface area (Å²) in [5.41, 5.74) is 2.69. The topological polar surface area (TPSA) is 46.5 Å². The molecular formula is C18H26O3. The molecule has 0 saturated heterocycles. The van der Waals surface area contributed by atoms with E-state index in [2.05, 4.69) is 12.3 Å². The van der Waals surface area contributed by atoms with Gasteiger partial charge in [-0.05, 0) is 50.7 Å². The molecule has 1 N–H and O–H groups in total. The Morgan fingerprint density at radius 2 is 1.95 bits per heavy atom. The van der Waals surface area contributed by atoms with Gasteiger partial charge in [0.05, 0.1) is 0 Å². The first kappa shape index (κ1) is 16.2. The summed E-state index contributed by atoms with van der Waals surface area (Å²) in [6, 6.07) is 0. The van der Waals surface area contributed by atoms with E-state index in [9.17, 15) is 9.90 Å². The molecule has 0 heterocycles. The van der Waals surface area contributed by atoms with E-state index in [1.165, 1.54) is 0 Å². The van der Waals surface area contributed by atoms with Crippen LogP contribution in [0.2, 0.25) is 0 Å². The molecule has 0 aromatic carbocycles. The largest absolute Gasteiger partial charge is 0.380 e. The van der Waals surface area contributed by atoms with Gasteiger partial charge in [-0.15, -0.1) is 5.73 Å². The van der Waals surface area contributed by atoms with Crippen LogP contribution in [0.4, 0.5) is 0 Å². The third-order valence-electron chi connectivity index (χ3n) is 5.69. The third-order valence-corrected chi connectivity index (χ3v) is 5.69. The zero-order valence-electron chi connectivity index (χ0n) is 13.6. The molecule has 2 rings (SSSR count). The molecule has 0 aliphatic heterocycles. The predicted octanol–water partition coefficient (Wildman–Crippen LogP) is 3.33. The average Bonchev–Trinajstić information content (AvgIpc) is 3.03. The van der Waals surface area contributed by atoms with Gasteiger partial charge in [-0.1, -0.05) is 19.4 Å². The van der Waals surface area contributed by atoms with Crippen molar-refractivity contribution in [1.29, 1.82) is 0 Å². The Bertz CT molecular complexity index is 533. The van der Waals surface area contributed by atoms with Crippen LogP contribution in [0, 0.1) is 5.92 Å². The molecule has 2 aliphatic carbocycles. The van der Waals surface area contributed by atoms with Crippen molar-refractivity contribution in [2.75, 3.05) is 7.11 Å². The Morgan fingerprint density at radius 1 is 1.38 bits per heavy atom. The Hall–Kier alpha value is -1.15. The number of rotatable bonds is 3. The van der Waals surface area contributed by atoms with Gasteiger partial charge >= 0.3 is 0 Å². The molecule has 21 heavy (non-hydrogen) atoms. The zero-order chi connectivity index (χ0) is 15.8. The van der Waals surface area contributed by atoms with Crippen LogP contribution >= 0.6 is 0 Å². The minimum absolute atomic E-state index is 0.0379. The van der Waals surface area contributed by atoms with Crippen molar-refractivity contribution in [1.82, 2.24) is 0 Å². The lowest BCUT2D eigenvalue weighted by molar-refractivity contribution is -0.155. The fourth-order valence-corrected chi connectivity index (χ4v) is 4.00. The van der Waals surface area contributed by atoms with Crippen LogP contribution in [0.25, 0.3) is 0 Å². The summed E-state index contributed by atoms with van der Waals surface area (Å²) in [6.45, 7) is 9.09. The van der Waals surface area contributed by atoms with E-state index >= 15 is 0 Å². The van der Waals surface area contributed by atoms with Gasteiger partial charge in [0.15, 0.2) is 5.78 Å². The number of hydrogen-bond acceptors (Lipinski definition) is 3. The maximum Gasteiger partial charge on any atom is 0.190 e. The SMILES string of the molecule is C=C=C(C)[C@@]1(O)C[C@@](OC)(C2CCCC2)C(=O)C(C)=C1C. The standard InChI is InChI=1S/C18H26O3/c1-6-12(2)17(20)11-18(21-5,15-9-7-8-10-15)16(19)13(3)14(17)4/h15,20H,1,7-11H2,2-5H3/t17-,18+/m0/s1. The predicted molar refractivity (Wildman–Crippen MR) is 83.0 cm³/mol. The van der Waals surface area contributed by atoms with E-state index in [4.69, 9.17) is 4.74 Å². The van der Waals surface area contributed by atoms with Crippen molar-refractivity contribution < 1.29 is 14.6 Å². The molecule has 0 bridgehead atoms. The highest BCUT2D eigenvalue weighted by molar-refractivity contribution is 6.04. The van der Waals surface area contributed by atoms with Gasteiger partial charge in [-0.2, -0.15) is 0 Å². The first-order chi connectivity index (χ1) is 9.83. The summed E-state index contributed by atoms with van der Waals surface area (Å²) in [7, 11) is 1.59. The first-order valence-electron chi connectivity index (χ1n) is 7.71. The molecule has 1 fully saturated rings. The first-order valence-corrected chi connectivity index (χ1v) is 7.71. The highest BCUT2D eigenvalue weighted by Gasteiger charge is 2.56. The van der Waals surface area contributed by atoms with Gasteiger partial charge in [0.1, 0.15) is 11.2 Å². The van der Waals surface area contributed by atoms with E-state index in [1.807, 2.05) is 13.8 Å². The fraction of sp³-hybridized carbons (Fsp3) is 0.667. The quantitative estimate of drug-likeness (QED) is 0.811. The van der Waals surface area contributed by atoms with E-state index in [1.54, 1.807) is 14.0 Å². The maximum absolute atomic E-state index is 12.9. The van der Waals surface area contributed by atoms with Crippen LogP contribution < -0.4 is 0 Å². The van der Waals surface area contributed by atoms with Crippen molar-refractivity contribution >= 4 is 5.78 Å². The average molecular weight is 290 g/mol. The van der Waals surface area contributed by atoms with Gasteiger partial charge in [-0.25, -0.2) is 0 Å². The maximum atomic E-state index is 12.9. The molecule has 0 amide bonds. The van der Waals surface area contributed by atoms with Crippen LogP contribution in [-0.4, -0.2) is 29.2 Å². The zero-order valence-corrected chi connectivity index (χ0v) is 13.6. The van der Waals surface area contributed by atoms with Crippen molar-refractivity contribution in [3.63, 3.8) is 0 Å². The minimum atomic E-state index is -1.18. The number of ether oxygens (including phenoxy) is 1. The van der Waals surface area contributed by atoms with Crippen LogP contribution in [0.15, 0.2) is 29.0 Å². The van der Waals surface area contributed by atoms with E-state index in [-0.39, 0.29) is 18.1 Å². The number of methoxy groups -OCH3 is 1. The van der Waals surface area contributed by atoms with Gasteiger partial charge in [0.2, 0.25) is 0 Å². The molecule has 0 radical (unpaired) electrons. The summed E-state index contributed by atoms with van der Waals surface area (Å²) in [5.74, 6) is 0.220. The lowest BCUT2D eigenvalue weighted by Gasteiger charge is -2.47. The molecule has 0 spiro atoms. The van der Waals surface area contributed by atoms with Crippen LogP contribution in [0.1, 0.15) is 52.9 Å². The highest BCUT2D eigenvalue weighted by Crippen LogP contribution is 2.49. The van der Waals surface area contributed by atoms with Crippen molar-refractivity contribution in [2.24, 2.45) is 5.92 Å². The number of aliphatic hydroxyl groups is 1. The van der Waals surface area contributed by atoms with Gasteiger partial charge in [0, 0.05) is 19.1 Å². The molecule has 3 heteroatoms. The van der Waals surface area contributed by atoms with Crippen molar-refractivity contribution in [2.45, 2.75) is 64.1 Å². The molecule has 0 unspecified atom stereocenters. The smallest absolute Gasteiger partial charge is 0.190 e. The highest BCUT2D eigenvalue weighted by atomic mass is 16.5. The summed E-state index contributed by atoms with van der Waals surface area (Å²) < 4.78 is 5.78. The second kappa shape index (κ2) is 5.57. The number of hydrogen-bond donors (Lipinski definition) is 1. The second-order valence-corrected chi connectivity index (χ2v) is 6.49. The second-order valence-electron chi connectivity index (χ2n) is 6.49. The Labute approximate surface area is 127 Å². The lowest BCUT2D eigenvalue weighted by Crippen LogP contribution is -2.57. The number of carbonyl (C=O) groups excluding carboxylic acids is 1. The van der Waals surface area contributed by atoms with E-state index < -0.39 is 11.2 Å². The lowest BCUT2D eigenvalue weighted by atomic mass is 9.64. The molecular weight excluding hydrogens is 264 g/mol. The monoisotopic (exact) mass is 290 g/mol. The molecule has 0 aromatic heterocycles. The Kier molecular flexibility index (Phi) is 4.30. The third kappa shape index (κ3) is 2.24. The van der Waals surface area contributed by atoms with Crippen LogP contribution in [0.5, 0.6) is 0 Å². The van der Waals surface area contributed by atoms with E-state index in [0.717, 1.165) is 25.7 Å². The molecule has 3 nitrogen and oxygen atoms in total. The summed E-state index contributed by atoms with van der Waals surface area (Å²) in [6.07, 6.45) is 4.49. The van der Waals surface area contributed by atoms with E-state index in [0.29, 0.717) is 16.7 Å². The number of carbonyl (C=O) groups is 1. The summed E-state index contributed by atoms with van der Waals surface area (Å²) >= 11 is 0. The molecule has 2 aliphatic rings. The summed E-state index contributed by atoms with van der Waals surface area (Å²) in [5, 5.41) is 11.2. The van der Waals surface area contributed by atoms with Crippen LogP contribution in [0.3, 0.4) is 0 Å². The molecule has 2 atom stereocenters. The van der Waals surface area contributed by atoms with Crippen LogP contribution in [-0.2, 0) is 9.53 Å². The summed E-state index contributed by atoms with van der Waals surface area (Å²) in [4.78, 5) is 12.9. The number of ketones is 1. The van der Waals surface area contributed by atoms with Gasteiger partial charge in [-0.3, -0.25) is 4.79 Å². The minimum Gasteiger partial charge on any atom is -0.380 e. The van der Waals surface area contributed by atoms with Gasteiger partial charge in [0.25, 0.3) is 0 Å². The Balaban J connectivity index is 2.60. The molecule has 116 valence electrons. The molecule has 1 saturated carbocycles. The van der Waals surface area contributed by atoms with Gasteiger partial charge < -0.3 is 9.84 Å². The molecule has 0 aromatic rings. The number of Topliss-reactive ketones (excluding diaryl/α,β-unsaturated/α-hetero) is 1.